The Morgan fingerprint density at radius 2 is 1.93 bits per heavy atom. The number of carbonyl (C=O) groups is 1. The summed E-state index contributed by atoms with van der Waals surface area (Å²) < 4.78 is 18.3. The minimum Gasteiger partial charge on any atom is -0.378 e. The number of nitrogens with one attached hydrogen (secondary N) is 1. The number of hydrogen-bond acceptors (Lipinski definition) is 7. The fourth-order valence-corrected chi connectivity index (χ4v) is 3.95. The summed E-state index contributed by atoms with van der Waals surface area (Å²) in [6.07, 6.45) is 1.59. The molecule has 0 aromatic heterocycles. The van der Waals surface area contributed by atoms with Crippen molar-refractivity contribution in [3.63, 3.8) is 0 Å². The zero-order valence-electron chi connectivity index (χ0n) is 15.7. The first-order chi connectivity index (χ1) is 14.5. The van der Waals surface area contributed by atoms with E-state index in [4.69, 9.17) is 4.74 Å². The number of carbonyl (C=O) groups excluding carboxylic acids is 1. The molecule has 154 valence electrons. The van der Waals surface area contributed by atoms with Crippen molar-refractivity contribution < 1.29 is 18.8 Å². The molecule has 2 aromatic carbocycles. The largest absolute Gasteiger partial charge is 0.378 e. The van der Waals surface area contributed by atoms with Crippen molar-refractivity contribution in [1.29, 1.82) is 0 Å². The zero-order valence-corrected chi connectivity index (χ0v) is 16.5. The van der Waals surface area contributed by atoms with Crippen LogP contribution in [0.15, 0.2) is 52.4 Å². The Kier molecular flexibility index (Phi) is 5.77. The molecule has 1 amide bonds. The summed E-state index contributed by atoms with van der Waals surface area (Å²) in [6.45, 7) is 2.22. The summed E-state index contributed by atoms with van der Waals surface area (Å²) in [7, 11) is 0. The van der Waals surface area contributed by atoms with Crippen LogP contribution in [-0.4, -0.2) is 42.3 Å². The number of anilines is 1. The minimum atomic E-state index is -0.421. The molecule has 2 fully saturated rings. The van der Waals surface area contributed by atoms with Gasteiger partial charge >= 0.3 is 0 Å². The molecular formula is C20H17FN4O4S. The van der Waals surface area contributed by atoms with Crippen molar-refractivity contribution in [2.75, 3.05) is 31.2 Å². The number of thioether (sulfide) groups is 1. The summed E-state index contributed by atoms with van der Waals surface area (Å²) in [6, 6.07) is 10.5. The van der Waals surface area contributed by atoms with Gasteiger partial charge < -0.3 is 15.0 Å². The Morgan fingerprint density at radius 3 is 2.63 bits per heavy atom. The van der Waals surface area contributed by atoms with Crippen LogP contribution in [-0.2, 0) is 9.53 Å². The van der Waals surface area contributed by atoms with Gasteiger partial charge in [0, 0.05) is 19.2 Å². The predicted octanol–water partition coefficient (Wildman–Crippen LogP) is 3.46. The second-order valence-corrected chi connectivity index (χ2v) is 7.59. The van der Waals surface area contributed by atoms with E-state index in [0.29, 0.717) is 53.3 Å². The molecule has 0 spiro atoms. The maximum absolute atomic E-state index is 13.0. The summed E-state index contributed by atoms with van der Waals surface area (Å²) in [4.78, 5) is 30.0. The van der Waals surface area contributed by atoms with Gasteiger partial charge in [-0.2, -0.15) is 0 Å². The highest BCUT2D eigenvalue weighted by atomic mass is 32.2. The smallest absolute Gasteiger partial charge is 0.293 e. The first-order valence-corrected chi connectivity index (χ1v) is 9.97. The van der Waals surface area contributed by atoms with Crippen molar-refractivity contribution >= 4 is 46.0 Å². The van der Waals surface area contributed by atoms with Crippen LogP contribution in [0.25, 0.3) is 6.08 Å². The van der Waals surface area contributed by atoms with Crippen LogP contribution in [0.2, 0.25) is 0 Å². The van der Waals surface area contributed by atoms with Crippen LogP contribution in [0.3, 0.4) is 0 Å². The molecule has 2 aliphatic rings. The molecule has 2 aromatic rings. The van der Waals surface area contributed by atoms with Crippen LogP contribution in [0.5, 0.6) is 0 Å². The Hall–Kier alpha value is -3.24. The molecule has 8 nitrogen and oxygen atoms in total. The summed E-state index contributed by atoms with van der Waals surface area (Å²) in [5, 5.41) is 14.6. The first-order valence-electron chi connectivity index (χ1n) is 9.16. The molecule has 0 unspecified atom stereocenters. The number of benzene rings is 2. The summed E-state index contributed by atoms with van der Waals surface area (Å²) in [5.74, 6) is -0.717. The number of rotatable bonds is 4. The van der Waals surface area contributed by atoms with Crippen LogP contribution in [0.4, 0.5) is 21.5 Å². The van der Waals surface area contributed by atoms with Gasteiger partial charge in [-0.3, -0.25) is 14.9 Å². The molecule has 1 N–H and O–H groups in total. The minimum absolute atomic E-state index is 0.0187. The highest BCUT2D eigenvalue weighted by Gasteiger charge is 2.25. The first kappa shape index (κ1) is 20.0. The predicted molar refractivity (Wildman–Crippen MR) is 113 cm³/mol. The quantitative estimate of drug-likeness (QED) is 0.455. The van der Waals surface area contributed by atoms with Crippen LogP contribution in [0, 0.1) is 15.9 Å². The standard InChI is InChI=1S/C20H17FN4O4S/c21-14-2-4-15(5-3-14)22-20-23-19(26)18(30-20)12-13-1-6-16(17(11-13)25(27)28)24-7-9-29-10-8-24/h1-6,11-12H,7-10H2,(H,22,23,26)/b18-12+. The monoisotopic (exact) mass is 428 g/mol. The number of nitro groups is 1. The van der Waals surface area contributed by atoms with Crippen LogP contribution >= 0.6 is 11.8 Å². The molecular weight excluding hydrogens is 411 g/mol. The van der Waals surface area contributed by atoms with Gasteiger partial charge in [0.25, 0.3) is 11.6 Å². The van der Waals surface area contributed by atoms with Gasteiger partial charge in [0.2, 0.25) is 0 Å². The summed E-state index contributed by atoms with van der Waals surface area (Å²) >= 11 is 1.12. The van der Waals surface area contributed by atoms with Crippen molar-refractivity contribution in [3.05, 3.63) is 68.9 Å². The van der Waals surface area contributed by atoms with E-state index in [1.54, 1.807) is 18.2 Å². The van der Waals surface area contributed by atoms with E-state index in [0.717, 1.165) is 11.8 Å². The molecule has 0 aliphatic carbocycles. The van der Waals surface area contributed by atoms with Crippen molar-refractivity contribution in [3.8, 4) is 0 Å². The van der Waals surface area contributed by atoms with Crippen molar-refractivity contribution in [1.82, 2.24) is 5.32 Å². The van der Waals surface area contributed by atoms with E-state index in [2.05, 4.69) is 10.3 Å². The molecule has 0 bridgehead atoms. The summed E-state index contributed by atoms with van der Waals surface area (Å²) in [5.41, 5.74) is 1.56. The van der Waals surface area contributed by atoms with Gasteiger partial charge in [-0.05, 0) is 53.7 Å². The van der Waals surface area contributed by atoms with Gasteiger partial charge in [0.05, 0.1) is 28.7 Å². The molecule has 2 heterocycles. The Morgan fingerprint density at radius 1 is 1.20 bits per heavy atom. The Labute approximate surface area is 175 Å². The molecule has 0 atom stereocenters. The van der Waals surface area contributed by atoms with E-state index in [1.165, 1.54) is 30.3 Å². The normalized spacial score (nSPS) is 19.4. The van der Waals surface area contributed by atoms with Crippen LogP contribution in [0.1, 0.15) is 5.56 Å². The number of amidine groups is 1. The molecule has 0 radical (unpaired) electrons. The molecule has 30 heavy (non-hydrogen) atoms. The van der Waals surface area contributed by atoms with Gasteiger partial charge in [-0.1, -0.05) is 6.07 Å². The lowest BCUT2D eigenvalue weighted by Gasteiger charge is -2.28. The highest BCUT2D eigenvalue weighted by Crippen LogP contribution is 2.33. The molecule has 10 heteroatoms. The van der Waals surface area contributed by atoms with Crippen LogP contribution < -0.4 is 10.2 Å². The second kappa shape index (κ2) is 8.64. The Balaban J connectivity index is 1.58. The number of nitrogens with zero attached hydrogens (tertiary/aromatic N) is 3. The number of nitro benzene ring substituents is 1. The molecule has 0 saturated carbocycles. The number of morpholine rings is 1. The highest BCUT2D eigenvalue weighted by molar-refractivity contribution is 8.18. The lowest BCUT2D eigenvalue weighted by Crippen LogP contribution is -2.36. The average Bonchev–Trinajstić information content (AvgIpc) is 3.09. The van der Waals surface area contributed by atoms with E-state index < -0.39 is 4.92 Å². The van der Waals surface area contributed by atoms with E-state index >= 15 is 0 Å². The Bertz CT molecular complexity index is 1050. The molecule has 2 aliphatic heterocycles. The molecule has 2 saturated heterocycles. The number of aliphatic imine (C=N–C) groups is 1. The lowest BCUT2D eigenvalue weighted by atomic mass is 10.1. The van der Waals surface area contributed by atoms with Crippen molar-refractivity contribution in [2.45, 2.75) is 0 Å². The van der Waals surface area contributed by atoms with Gasteiger partial charge in [0.1, 0.15) is 11.5 Å². The lowest BCUT2D eigenvalue weighted by molar-refractivity contribution is -0.384. The maximum Gasteiger partial charge on any atom is 0.293 e. The average molecular weight is 428 g/mol. The third kappa shape index (κ3) is 4.50. The SMILES string of the molecule is O=C1NC(=Nc2ccc(F)cc2)S/C1=C/c1ccc(N2CCOCC2)c([N+](=O)[O-])c1. The number of hydrogen-bond donors (Lipinski definition) is 1. The number of amides is 1. The van der Waals surface area contributed by atoms with E-state index in [1.807, 2.05) is 4.90 Å². The number of ether oxygens (including phenoxy) is 1. The second-order valence-electron chi connectivity index (χ2n) is 6.56. The third-order valence-corrected chi connectivity index (χ3v) is 5.46. The molecule has 4 rings (SSSR count). The third-order valence-electron chi connectivity index (χ3n) is 4.55. The topological polar surface area (TPSA) is 97.1 Å². The number of halogens is 1. The van der Waals surface area contributed by atoms with Crippen molar-refractivity contribution in [2.24, 2.45) is 4.99 Å². The van der Waals surface area contributed by atoms with Gasteiger partial charge in [-0.15, -0.1) is 0 Å². The van der Waals surface area contributed by atoms with E-state index in [-0.39, 0.29) is 17.4 Å². The fourth-order valence-electron chi connectivity index (χ4n) is 3.11. The van der Waals surface area contributed by atoms with Gasteiger partial charge in [-0.25, -0.2) is 9.38 Å². The van der Waals surface area contributed by atoms with Gasteiger partial charge in [0.15, 0.2) is 5.17 Å². The van der Waals surface area contributed by atoms with E-state index in [9.17, 15) is 19.3 Å². The zero-order chi connectivity index (χ0) is 21.1. The fraction of sp³-hybridized carbons (Fsp3) is 0.200. The maximum atomic E-state index is 13.0.